The molecule has 0 heterocycles. The Labute approximate surface area is 194 Å². The number of unbranched alkanes of at least 4 members (excludes halogenated alkanes) is 4. The molecule has 0 aromatic heterocycles. The van der Waals surface area contributed by atoms with E-state index in [0.29, 0.717) is 6.42 Å². The van der Waals surface area contributed by atoms with Crippen molar-refractivity contribution in [3.8, 4) is 11.1 Å². The summed E-state index contributed by atoms with van der Waals surface area (Å²) in [5.74, 6) is 0.148. The summed E-state index contributed by atoms with van der Waals surface area (Å²) < 4.78 is 0. The number of aliphatic hydroxyl groups is 1. The monoisotopic (exact) mass is 439 g/mol. The van der Waals surface area contributed by atoms with Gasteiger partial charge in [-0.05, 0) is 48.5 Å². The van der Waals surface area contributed by atoms with Gasteiger partial charge in [-0.2, -0.15) is 0 Å². The number of nitrogens with one attached hydrogen (secondary N) is 1. The van der Waals surface area contributed by atoms with Crippen LogP contribution in [-0.4, -0.2) is 48.3 Å². The fraction of sp³-hybridized carbons (Fsp3) is 0.519. The average Bonchev–Trinajstić information content (AvgIpc) is 2.79. The summed E-state index contributed by atoms with van der Waals surface area (Å²) in [6.45, 7) is 5.59. The SMILES string of the molecule is CC(C)C(C(O)NCCCCCCCN)N(C)C(=O)Cc1ccc(-c2ccccc2)cc1. The second kappa shape index (κ2) is 14.0. The minimum atomic E-state index is -0.742. The Morgan fingerprint density at radius 3 is 2.16 bits per heavy atom. The van der Waals surface area contributed by atoms with E-state index < -0.39 is 6.23 Å². The van der Waals surface area contributed by atoms with Crippen LogP contribution in [0.25, 0.3) is 11.1 Å². The number of amides is 1. The van der Waals surface area contributed by atoms with Crippen LogP contribution in [0.3, 0.4) is 0 Å². The zero-order chi connectivity index (χ0) is 23.3. The Kier molecular flexibility index (Phi) is 11.4. The maximum absolute atomic E-state index is 13.0. The van der Waals surface area contributed by atoms with Crippen LogP contribution in [0.5, 0.6) is 0 Å². The minimum Gasteiger partial charge on any atom is -0.376 e. The highest BCUT2D eigenvalue weighted by molar-refractivity contribution is 5.79. The van der Waals surface area contributed by atoms with Gasteiger partial charge in [0.1, 0.15) is 6.23 Å². The van der Waals surface area contributed by atoms with Gasteiger partial charge in [-0.1, -0.05) is 87.7 Å². The lowest BCUT2D eigenvalue weighted by Gasteiger charge is -2.35. The molecule has 0 aliphatic heterocycles. The van der Waals surface area contributed by atoms with Crippen molar-refractivity contribution in [1.82, 2.24) is 10.2 Å². The Morgan fingerprint density at radius 2 is 1.53 bits per heavy atom. The standard InChI is InChI=1S/C27H41N3O2/c1-21(2)26(27(32)29-19-11-6-4-5-10-18-28)30(3)25(31)20-22-14-16-24(17-15-22)23-12-8-7-9-13-23/h7-9,12-17,21,26-27,29,32H,4-6,10-11,18-20,28H2,1-3H3. The van der Waals surface area contributed by atoms with E-state index in [1.165, 1.54) is 6.42 Å². The van der Waals surface area contributed by atoms with Gasteiger partial charge >= 0.3 is 0 Å². The summed E-state index contributed by atoms with van der Waals surface area (Å²) in [7, 11) is 1.79. The molecule has 2 aromatic rings. The van der Waals surface area contributed by atoms with E-state index in [1.807, 2.05) is 44.2 Å². The van der Waals surface area contributed by atoms with Crippen molar-refractivity contribution < 1.29 is 9.90 Å². The van der Waals surface area contributed by atoms with E-state index in [0.717, 1.165) is 55.5 Å². The molecule has 0 aliphatic rings. The molecule has 0 fully saturated rings. The van der Waals surface area contributed by atoms with E-state index in [4.69, 9.17) is 5.73 Å². The normalized spacial score (nSPS) is 13.2. The molecule has 2 atom stereocenters. The molecule has 32 heavy (non-hydrogen) atoms. The molecule has 0 saturated heterocycles. The van der Waals surface area contributed by atoms with Crippen LogP contribution in [0.15, 0.2) is 54.6 Å². The van der Waals surface area contributed by atoms with Crippen molar-refractivity contribution in [3.05, 3.63) is 60.2 Å². The lowest BCUT2D eigenvalue weighted by Crippen LogP contribution is -2.53. The van der Waals surface area contributed by atoms with Crippen molar-refractivity contribution >= 4 is 5.91 Å². The van der Waals surface area contributed by atoms with E-state index in [9.17, 15) is 9.90 Å². The van der Waals surface area contributed by atoms with E-state index in [1.54, 1.807) is 11.9 Å². The predicted octanol–water partition coefficient (Wildman–Crippen LogP) is 4.20. The van der Waals surface area contributed by atoms with Crippen molar-refractivity contribution in [1.29, 1.82) is 0 Å². The summed E-state index contributed by atoms with van der Waals surface area (Å²) in [6.07, 6.45) is 5.13. The minimum absolute atomic E-state index is 0.0128. The molecular formula is C27H41N3O2. The Balaban J connectivity index is 1.87. The summed E-state index contributed by atoms with van der Waals surface area (Å²) in [5.41, 5.74) is 8.80. The van der Waals surface area contributed by atoms with Crippen LogP contribution in [0, 0.1) is 5.92 Å². The van der Waals surface area contributed by atoms with Crippen molar-refractivity contribution in [3.63, 3.8) is 0 Å². The van der Waals surface area contributed by atoms with Crippen LogP contribution in [-0.2, 0) is 11.2 Å². The number of carbonyl (C=O) groups is 1. The first-order chi connectivity index (χ1) is 15.4. The number of hydrogen-bond donors (Lipinski definition) is 3. The Hall–Kier alpha value is -2.21. The summed E-state index contributed by atoms with van der Waals surface area (Å²) >= 11 is 0. The second-order valence-electron chi connectivity index (χ2n) is 8.93. The average molecular weight is 440 g/mol. The van der Waals surface area contributed by atoms with Crippen LogP contribution in [0.1, 0.15) is 51.5 Å². The summed E-state index contributed by atoms with van der Waals surface area (Å²) in [6, 6.07) is 18.1. The van der Waals surface area contributed by atoms with E-state index >= 15 is 0 Å². The first-order valence-electron chi connectivity index (χ1n) is 12.0. The maximum Gasteiger partial charge on any atom is 0.227 e. The lowest BCUT2D eigenvalue weighted by atomic mass is 9.99. The lowest BCUT2D eigenvalue weighted by molar-refractivity contribution is -0.135. The molecule has 2 rings (SSSR count). The van der Waals surface area contributed by atoms with Gasteiger partial charge in [-0.25, -0.2) is 0 Å². The molecule has 0 radical (unpaired) electrons. The van der Waals surface area contributed by atoms with Gasteiger partial charge in [0.2, 0.25) is 5.91 Å². The fourth-order valence-corrected chi connectivity index (χ4v) is 4.11. The third-order valence-electron chi connectivity index (χ3n) is 6.00. The zero-order valence-corrected chi connectivity index (χ0v) is 20.0. The third kappa shape index (κ3) is 8.38. The van der Waals surface area contributed by atoms with Crippen LogP contribution < -0.4 is 11.1 Å². The fourth-order valence-electron chi connectivity index (χ4n) is 4.11. The third-order valence-corrected chi connectivity index (χ3v) is 6.00. The highest BCUT2D eigenvalue weighted by Gasteiger charge is 2.29. The molecule has 0 saturated carbocycles. The molecular weight excluding hydrogens is 398 g/mol. The maximum atomic E-state index is 13.0. The van der Waals surface area contributed by atoms with Gasteiger partial charge in [0.15, 0.2) is 0 Å². The zero-order valence-electron chi connectivity index (χ0n) is 20.0. The highest BCUT2D eigenvalue weighted by atomic mass is 16.3. The van der Waals surface area contributed by atoms with Crippen LogP contribution >= 0.6 is 0 Å². The molecule has 5 nitrogen and oxygen atoms in total. The molecule has 0 spiro atoms. The molecule has 0 bridgehead atoms. The van der Waals surface area contributed by atoms with Crippen molar-refractivity contribution in [2.75, 3.05) is 20.1 Å². The number of benzene rings is 2. The van der Waals surface area contributed by atoms with Gasteiger partial charge in [0, 0.05) is 7.05 Å². The van der Waals surface area contributed by atoms with Gasteiger partial charge < -0.3 is 15.7 Å². The Morgan fingerprint density at radius 1 is 0.938 bits per heavy atom. The number of aliphatic hydroxyl groups excluding tert-OH is 1. The van der Waals surface area contributed by atoms with Gasteiger partial charge in [0.05, 0.1) is 12.5 Å². The first-order valence-corrected chi connectivity index (χ1v) is 12.0. The molecule has 2 aromatic carbocycles. The smallest absolute Gasteiger partial charge is 0.227 e. The number of likely N-dealkylation sites (N-methyl/N-ethyl adjacent to an activating group) is 1. The first kappa shape index (κ1) is 26.0. The number of nitrogens with two attached hydrogens (primary N) is 1. The number of nitrogens with zero attached hydrogens (tertiary/aromatic N) is 1. The van der Waals surface area contributed by atoms with Crippen LogP contribution in [0.4, 0.5) is 0 Å². The second-order valence-corrected chi connectivity index (χ2v) is 8.93. The number of hydrogen-bond acceptors (Lipinski definition) is 4. The van der Waals surface area contributed by atoms with E-state index in [-0.39, 0.29) is 17.9 Å². The largest absolute Gasteiger partial charge is 0.376 e. The Bertz CT molecular complexity index is 777. The summed E-state index contributed by atoms with van der Waals surface area (Å²) in [5, 5.41) is 14.0. The van der Waals surface area contributed by atoms with Crippen molar-refractivity contribution in [2.24, 2.45) is 11.7 Å². The topological polar surface area (TPSA) is 78.6 Å². The number of carbonyl (C=O) groups excluding carboxylic acids is 1. The quantitative estimate of drug-likeness (QED) is 0.305. The van der Waals surface area contributed by atoms with E-state index in [2.05, 4.69) is 29.6 Å². The predicted molar refractivity (Wildman–Crippen MR) is 133 cm³/mol. The molecule has 4 N–H and O–H groups in total. The molecule has 5 heteroatoms. The van der Waals surface area contributed by atoms with Gasteiger partial charge in [-0.15, -0.1) is 0 Å². The molecule has 0 aliphatic carbocycles. The van der Waals surface area contributed by atoms with Crippen molar-refractivity contribution in [2.45, 2.75) is 64.6 Å². The van der Waals surface area contributed by atoms with Crippen LogP contribution in [0.2, 0.25) is 0 Å². The van der Waals surface area contributed by atoms with Gasteiger partial charge in [0.25, 0.3) is 0 Å². The number of rotatable bonds is 14. The molecule has 2 unspecified atom stereocenters. The molecule has 176 valence electrons. The summed E-state index contributed by atoms with van der Waals surface area (Å²) in [4.78, 5) is 14.7. The molecule has 1 amide bonds. The van der Waals surface area contributed by atoms with Gasteiger partial charge in [-0.3, -0.25) is 10.1 Å². The highest BCUT2D eigenvalue weighted by Crippen LogP contribution is 2.20.